The maximum absolute atomic E-state index is 6.68. The molecule has 10 rings (SSSR count). The van der Waals surface area contributed by atoms with Gasteiger partial charge in [-0.2, -0.15) is 0 Å². The van der Waals surface area contributed by atoms with Gasteiger partial charge in [-0.1, -0.05) is 127 Å². The van der Waals surface area contributed by atoms with Crippen molar-refractivity contribution < 1.29 is 8.83 Å². The average molecular weight is 628 g/mol. The number of hydrogen-bond acceptors (Lipinski definition) is 3. The van der Waals surface area contributed by atoms with Gasteiger partial charge in [0, 0.05) is 38.7 Å². The molecular weight excluding hydrogens is 599 g/mol. The number of anilines is 3. The summed E-state index contributed by atoms with van der Waals surface area (Å²) in [6.07, 6.45) is 0. The van der Waals surface area contributed by atoms with Gasteiger partial charge in [-0.3, -0.25) is 0 Å². The largest absolute Gasteiger partial charge is 0.456 e. The Hall–Kier alpha value is -6.58. The van der Waals surface area contributed by atoms with Gasteiger partial charge in [0.2, 0.25) is 0 Å². The van der Waals surface area contributed by atoms with Crippen LogP contribution in [0.3, 0.4) is 0 Å². The van der Waals surface area contributed by atoms with E-state index in [-0.39, 0.29) is 0 Å². The van der Waals surface area contributed by atoms with Gasteiger partial charge in [-0.25, -0.2) is 0 Å². The molecule has 0 unspecified atom stereocenters. The molecule has 0 saturated carbocycles. The van der Waals surface area contributed by atoms with Crippen LogP contribution >= 0.6 is 0 Å². The van der Waals surface area contributed by atoms with Gasteiger partial charge in [-0.15, -0.1) is 0 Å². The molecule has 0 amide bonds. The maximum atomic E-state index is 6.68. The van der Waals surface area contributed by atoms with Crippen molar-refractivity contribution >= 4 is 71.7 Å². The molecule has 0 N–H and O–H groups in total. The molecule has 3 heteroatoms. The fourth-order valence-electron chi connectivity index (χ4n) is 7.40. The molecule has 8 aromatic carbocycles. The van der Waals surface area contributed by atoms with Crippen molar-refractivity contribution in [2.75, 3.05) is 4.90 Å². The predicted octanol–water partition coefficient (Wildman–Crippen LogP) is 13.4. The second-order valence-corrected chi connectivity index (χ2v) is 12.5. The minimum Gasteiger partial charge on any atom is -0.456 e. The molecule has 0 aliphatic carbocycles. The highest BCUT2D eigenvalue weighted by atomic mass is 16.3. The van der Waals surface area contributed by atoms with Crippen molar-refractivity contribution in [2.24, 2.45) is 0 Å². The summed E-state index contributed by atoms with van der Waals surface area (Å²) < 4.78 is 13.3. The molecule has 0 aliphatic rings. The Morgan fingerprint density at radius 3 is 1.90 bits per heavy atom. The summed E-state index contributed by atoms with van der Waals surface area (Å²) >= 11 is 0. The lowest BCUT2D eigenvalue weighted by atomic mass is 9.94. The Labute approximate surface area is 282 Å². The third-order valence-corrected chi connectivity index (χ3v) is 9.66. The number of para-hydroxylation sites is 2. The predicted molar refractivity (Wildman–Crippen MR) is 204 cm³/mol. The fourth-order valence-corrected chi connectivity index (χ4v) is 7.40. The summed E-state index contributed by atoms with van der Waals surface area (Å²) in [6.45, 7) is 0. The Morgan fingerprint density at radius 1 is 0.367 bits per heavy atom. The summed E-state index contributed by atoms with van der Waals surface area (Å²) in [5, 5.41) is 6.82. The van der Waals surface area contributed by atoms with Crippen LogP contribution in [-0.2, 0) is 0 Å². The number of rotatable bonds is 5. The van der Waals surface area contributed by atoms with Crippen LogP contribution in [0, 0.1) is 0 Å². The van der Waals surface area contributed by atoms with Gasteiger partial charge in [-0.05, 0) is 70.1 Å². The third kappa shape index (κ3) is 4.44. The molecule has 0 saturated heterocycles. The van der Waals surface area contributed by atoms with E-state index >= 15 is 0 Å². The minimum atomic E-state index is 0.838. The lowest BCUT2D eigenvalue weighted by Crippen LogP contribution is -2.10. The first-order chi connectivity index (χ1) is 24.3. The first-order valence-electron chi connectivity index (χ1n) is 16.6. The van der Waals surface area contributed by atoms with Gasteiger partial charge < -0.3 is 13.7 Å². The molecule has 0 bridgehead atoms. The van der Waals surface area contributed by atoms with E-state index in [4.69, 9.17) is 8.83 Å². The van der Waals surface area contributed by atoms with Gasteiger partial charge in [0.15, 0.2) is 5.58 Å². The van der Waals surface area contributed by atoms with E-state index in [9.17, 15) is 0 Å². The molecule has 49 heavy (non-hydrogen) atoms. The Morgan fingerprint density at radius 2 is 1.06 bits per heavy atom. The lowest BCUT2D eigenvalue weighted by Gasteiger charge is -2.25. The topological polar surface area (TPSA) is 29.5 Å². The molecule has 0 atom stereocenters. The minimum absolute atomic E-state index is 0.838. The number of benzene rings is 8. The molecule has 0 spiro atoms. The van der Waals surface area contributed by atoms with E-state index in [1.54, 1.807) is 0 Å². The second-order valence-electron chi connectivity index (χ2n) is 12.5. The highest BCUT2D eigenvalue weighted by molar-refractivity contribution is 6.23. The zero-order valence-electron chi connectivity index (χ0n) is 26.5. The first kappa shape index (κ1) is 27.5. The van der Waals surface area contributed by atoms with E-state index in [0.717, 1.165) is 60.9 Å². The summed E-state index contributed by atoms with van der Waals surface area (Å²) in [5.74, 6) is 0. The average Bonchev–Trinajstić information content (AvgIpc) is 3.74. The SMILES string of the molecule is c1ccc(-c2ccc(N(c3ccc4c(c3)oc3ccc5cccc(-c6ccccc6)c5c34)c3cccc4c3oc3ccccc34)cc2)cc1. The monoisotopic (exact) mass is 627 g/mol. The van der Waals surface area contributed by atoms with E-state index < -0.39 is 0 Å². The molecule has 3 nitrogen and oxygen atoms in total. The van der Waals surface area contributed by atoms with Crippen LogP contribution in [0.15, 0.2) is 185 Å². The van der Waals surface area contributed by atoms with Crippen LogP contribution in [0.5, 0.6) is 0 Å². The Kier molecular flexibility index (Phi) is 6.18. The van der Waals surface area contributed by atoms with Crippen LogP contribution < -0.4 is 4.90 Å². The van der Waals surface area contributed by atoms with Gasteiger partial charge >= 0.3 is 0 Å². The van der Waals surface area contributed by atoms with Gasteiger partial charge in [0.25, 0.3) is 0 Å². The fraction of sp³-hybridized carbons (Fsp3) is 0. The summed E-state index contributed by atoms with van der Waals surface area (Å²) in [4.78, 5) is 2.28. The van der Waals surface area contributed by atoms with Crippen LogP contribution in [0.1, 0.15) is 0 Å². The van der Waals surface area contributed by atoms with Crippen molar-refractivity contribution in [1.82, 2.24) is 0 Å². The van der Waals surface area contributed by atoms with Crippen LogP contribution in [0.4, 0.5) is 17.1 Å². The van der Waals surface area contributed by atoms with E-state index in [0.29, 0.717) is 0 Å². The molecule has 0 radical (unpaired) electrons. The number of fused-ring (bicyclic) bond motifs is 8. The highest BCUT2D eigenvalue weighted by Gasteiger charge is 2.21. The Bertz CT molecular complexity index is 2810. The molecule has 0 fully saturated rings. The zero-order valence-corrected chi connectivity index (χ0v) is 26.5. The molecular formula is C46H29NO2. The summed E-state index contributed by atoms with van der Waals surface area (Å²) in [6, 6.07) is 61.8. The summed E-state index contributed by atoms with van der Waals surface area (Å²) in [5.41, 5.74) is 11.2. The van der Waals surface area contributed by atoms with Gasteiger partial charge in [0.1, 0.15) is 16.7 Å². The number of hydrogen-bond donors (Lipinski definition) is 0. The normalized spacial score (nSPS) is 11.7. The quantitative estimate of drug-likeness (QED) is 0.190. The van der Waals surface area contributed by atoms with Crippen LogP contribution in [0.25, 0.3) is 76.9 Å². The second kappa shape index (κ2) is 11.0. The first-order valence-corrected chi connectivity index (χ1v) is 16.6. The van der Waals surface area contributed by atoms with E-state index in [1.165, 1.54) is 33.0 Å². The van der Waals surface area contributed by atoms with Crippen molar-refractivity contribution in [3.05, 3.63) is 176 Å². The van der Waals surface area contributed by atoms with Crippen molar-refractivity contribution in [3.8, 4) is 22.3 Å². The van der Waals surface area contributed by atoms with E-state index in [1.807, 2.05) is 18.2 Å². The molecule has 0 aliphatic heterocycles. The third-order valence-electron chi connectivity index (χ3n) is 9.66. The van der Waals surface area contributed by atoms with Crippen molar-refractivity contribution in [1.29, 1.82) is 0 Å². The van der Waals surface area contributed by atoms with Crippen LogP contribution in [0.2, 0.25) is 0 Å². The standard InChI is InChI=1S/C46H29NO2/c1-3-11-30(12-4-1)31-21-24-34(25-22-31)47(40-19-10-18-38-37-16-7-8-20-41(37)49-46(38)40)35-26-27-39-43(29-35)48-42-28-23-33-15-9-17-36(44(33)45(39)42)32-13-5-2-6-14-32/h1-29H. The zero-order chi connectivity index (χ0) is 32.3. The van der Waals surface area contributed by atoms with Crippen LogP contribution in [-0.4, -0.2) is 0 Å². The highest BCUT2D eigenvalue weighted by Crippen LogP contribution is 2.45. The molecule has 230 valence electrons. The molecule has 2 aromatic heterocycles. The number of furan rings is 2. The lowest BCUT2D eigenvalue weighted by molar-refractivity contribution is 0.667. The maximum Gasteiger partial charge on any atom is 0.159 e. The van der Waals surface area contributed by atoms with Gasteiger partial charge in [0.05, 0.1) is 11.4 Å². The molecule has 2 heterocycles. The van der Waals surface area contributed by atoms with E-state index in [2.05, 4.69) is 163 Å². The smallest absolute Gasteiger partial charge is 0.159 e. The number of nitrogens with zero attached hydrogens (tertiary/aromatic N) is 1. The van der Waals surface area contributed by atoms with Crippen molar-refractivity contribution in [2.45, 2.75) is 0 Å². The van der Waals surface area contributed by atoms with Crippen molar-refractivity contribution in [3.63, 3.8) is 0 Å². The Balaban J connectivity index is 1.20. The molecule has 10 aromatic rings. The summed E-state index contributed by atoms with van der Waals surface area (Å²) in [7, 11) is 0.